The average Bonchev–Trinajstić information content (AvgIpc) is 1.98. The summed E-state index contributed by atoms with van der Waals surface area (Å²) in [6.07, 6.45) is 1.61. The molecule has 0 bridgehead atoms. The van der Waals surface area contributed by atoms with Crippen LogP contribution < -0.4 is 0 Å². The molecule has 0 aromatic carbocycles. The minimum absolute atomic E-state index is 0.0116. The van der Waals surface area contributed by atoms with Gasteiger partial charge in [0, 0.05) is 6.21 Å². The largest absolute Gasteiger partial charge is 0.469 e. The van der Waals surface area contributed by atoms with Crippen molar-refractivity contribution in [3.8, 4) is 0 Å². The molecule has 0 atom stereocenters. The second-order valence-corrected chi connectivity index (χ2v) is 1.59. The second kappa shape index (κ2) is 6.22. The maximum absolute atomic E-state index is 10.4. The van der Waals surface area contributed by atoms with E-state index in [1.54, 1.807) is 0 Å². The van der Waals surface area contributed by atoms with Crippen LogP contribution in [-0.2, 0) is 9.53 Å². The summed E-state index contributed by atoms with van der Waals surface area (Å²) in [4.78, 5) is 14.1. The van der Waals surface area contributed by atoms with Gasteiger partial charge < -0.3 is 9.84 Å². The predicted molar refractivity (Wildman–Crippen MR) is 37.1 cm³/mol. The van der Waals surface area contributed by atoms with Crippen molar-refractivity contribution >= 4 is 12.2 Å². The van der Waals surface area contributed by atoms with Crippen molar-refractivity contribution in [1.82, 2.24) is 0 Å². The van der Waals surface area contributed by atoms with E-state index in [9.17, 15) is 4.79 Å². The lowest BCUT2D eigenvalue weighted by Gasteiger charge is -1.90. The van der Waals surface area contributed by atoms with Gasteiger partial charge in [0.1, 0.15) is 0 Å². The Labute approximate surface area is 59.5 Å². The highest BCUT2D eigenvalue weighted by Gasteiger charge is 1.93. The first-order chi connectivity index (χ1) is 4.81. The molecule has 0 heterocycles. The molecule has 0 radical (unpaired) electrons. The van der Waals surface area contributed by atoms with Gasteiger partial charge in [-0.05, 0) is 0 Å². The molecule has 0 saturated carbocycles. The van der Waals surface area contributed by atoms with Gasteiger partial charge in [-0.3, -0.25) is 9.79 Å². The van der Waals surface area contributed by atoms with Crippen molar-refractivity contribution in [2.45, 2.75) is 6.42 Å². The molecule has 0 amide bonds. The van der Waals surface area contributed by atoms with Crippen LogP contribution in [0.5, 0.6) is 0 Å². The van der Waals surface area contributed by atoms with Crippen LogP contribution in [0.2, 0.25) is 0 Å². The minimum Gasteiger partial charge on any atom is -0.469 e. The molecule has 0 rings (SSSR count). The molecule has 4 heteroatoms. The van der Waals surface area contributed by atoms with Gasteiger partial charge in [-0.15, -0.1) is 0 Å². The van der Waals surface area contributed by atoms with Crippen LogP contribution in [-0.4, -0.2) is 37.6 Å². The third-order valence-corrected chi connectivity index (χ3v) is 0.844. The highest BCUT2D eigenvalue weighted by Crippen LogP contribution is 1.78. The molecular formula is C6H11NO3. The maximum atomic E-state index is 10.4. The second-order valence-electron chi connectivity index (χ2n) is 1.59. The summed E-state index contributed by atoms with van der Waals surface area (Å²) in [5, 5.41) is 8.26. The molecule has 0 fully saturated rings. The van der Waals surface area contributed by atoms with Crippen LogP contribution in [0.4, 0.5) is 0 Å². The van der Waals surface area contributed by atoms with E-state index in [0.717, 1.165) is 0 Å². The first kappa shape index (κ1) is 9.10. The van der Waals surface area contributed by atoms with Crippen LogP contribution in [0.1, 0.15) is 6.42 Å². The smallest absolute Gasteiger partial charge is 0.310 e. The lowest BCUT2D eigenvalue weighted by Crippen LogP contribution is -2.00. The molecule has 0 aliphatic carbocycles. The number of carbonyl (C=O) groups is 1. The van der Waals surface area contributed by atoms with E-state index in [1.807, 2.05) is 0 Å². The molecule has 0 spiro atoms. The Morgan fingerprint density at radius 2 is 2.50 bits per heavy atom. The molecule has 1 N–H and O–H groups in total. The fourth-order valence-corrected chi connectivity index (χ4v) is 0.371. The van der Waals surface area contributed by atoms with Crippen molar-refractivity contribution in [3.05, 3.63) is 0 Å². The lowest BCUT2D eigenvalue weighted by atomic mass is 10.5. The number of hydrogen-bond acceptors (Lipinski definition) is 4. The molecule has 0 saturated heterocycles. The van der Waals surface area contributed by atoms with Gasteiger partial charge >= 0.3 is 5.97 Å². The van der Waals surface area contributed by atoms with Gasteiger partial charge in [-0.2, -0.15) is 0 Å². The van der Waals surface area contributed by atoms with E-state index >= 15 is 0 Å². The third-order valence-electron chi connectivity index (χ3n) is 0.844. The third kappa shape index (κ3) is 5.24. The van der Waals surface area contributed by atoms with E-state index in [2.05, 4.69) is 9.73 Å². The minimum atomic E-state index is -0.318. The molecule has 0 aromatic rings. The van der Waals surface area contributed by atoms with Crippen LogP contribution in [0.3, 0.4) is 0 Å². The maximum Gasteiger partial charge on any atom is 0.310 e. The Morgan fingerprint density at radius 1 is 1.80 bits per heavy atom. The first-order valence-electron chi connectivity index (χ1n) is 2.97. The van der Waals surface area contributed by atoms with Crippen molar-refractivity contribution in [2.75, 3.05) is 20.3 Å². The number of hydrogen-bond donors (Lipinski definition) is 1. The molecule has 58 valence electrons. The molecule has 0 unspecified atom stereocenters. The topological polar surface area (TPSA) is 58.9 Å². The van der Waals surface area contributed by atoms with Crippen LogP contribution in [0.25, 0.3) is 0 Å². The molecular weight excluding hydrogens is 134 g/mol. The van der Waals surface area contributed by atoms with Crippen molar-refractivity contribution < 1.29 is 14.6 Å². The van der Waals surface area contributed by atoms with E-state index in [0.29, 0.717) is 6.54 Å². The zero-order chi connectivity index (χ0) is 7.82. The molecule has 0 aromatic heterocycles. The van der Waals surface area contributed by atoms with Gasteiger partial charge in [0.25, 0.3) is 0 Å². The number of nitrogens with zero attached hydrogens (tertiary/aromatic N) is 1. The molecule has 4 nitrogen and oxygen atoms in total. The summed E-state index contributed by atoms with van der Waals surface area (Å²) in [5.74, 6) is -0.318. The normalized spacial score (nSPS) is 10.2. The number of rotatable bonds is 4. The van der Waals surface area contributed by atoms with E-state index in [1.165, 1.54) is 13.3 Å². The van der Waals surface area contributed by atoms with Crippen LogP contribution in [0, 0.1) is 0 Å². The SMILES string of the molecule is COC(=O)CC=NCCO. The standard InChI is InChI=1S/C6H11NO3/c1-10-6(9)2-3-7-4-5-8/h3,8H,2,4-5H2,1H3. The van der Waals surface area contributed by atoms with Crippen LogP contribution in [0.15, 0.2) is 4.99 Å². The molecule has 0 aliphatic heterocycles. The summed E-state index contributed by atoms with van der Waals surface area (Å²) in [7, 11) is 1.32. The average molecular weight is 145 g/mol. The molecule has 0 aliphatic rings. The monoisotopic (exact) mass is 145 g/mol. The number of aliphatic hydroxyl groups excluding tert-OH is 1. The summed E-state index contributed by atoms with van der Waals surface area (Å²) >= 11 is 0. The van der Waals surface area contributed by atoms with Crippen LogP contribution >= 0.6 is 0 Å². The Bertz CT molecular complexity index is 122. The number of carbonyl (C=O) groups excluding carboxylic acids is 1. The Hall–Kier alpha value is -0.900. The van der Waals surface area contributed by atoms with E-state index in [4.69, 9.17) is 5.11 Å². The van der Waals surface area contributed by atoms with Gasteiger partial charge in [-0.1, -0.05) is 0 Å². The Balaban J connectivity index is 3.25. The highest BCUT2D eigenvalue weighted by molar-refractivity contribution is 5.85. The number of methoxy groups -OCH3 is 1. The van der Waals surface area contributed by atoms with Crippen molar-refractivity contribution in [3.63, 3.8) is 0 Å². The number of ether oxygens (including phenoxy) is 1. The van der Waals surface area contributed by atoms with Gasteiger partial charge in [-0.25, -0.2) is 0 Å². The summed E-state index contributed by atoms with van der Waals surface area (Å²) in [6, 6.07) is 0. The predicted octanol–water partition coefficient (Wildman–Crippen LogP) is -0.387. The van der Waals surface area contributed by atoms with E-state index in [-0.39, 0.29) is 19.0 Å². The Morgan fingerprint density at radius 3 is 3.00 bits per heavy atom. The fraction of sp³-hybridized carbons (Fsp3) is 0.667. The summed E-state index contributed by atoms with van der Waals surface area (Å²) < 4.78 is 4.34. The molecule has 10 heavy (non-hydrogen) atoms. The van der Waals surface area contributed by atoms with Crippen molar-refractivity contribution in [2.24, 2.45) is 4.99 Å². The number of aliphatic hydroxyl groups is 1. The summed E-state index contributed by atoms with van der Waals surface area (Å²) in [5.41, 5.74) is 0. The number of aliphatic imine (C=N–C) groups is 1. The van der Waals surface area contributed by atoms with Gasteiger partial charge in [0.2, 0.25) is 0 Å². The first-order valence-corrected chi connectivity index (χ1v) is 2.97. The highest BCUT2D eigenvalue weighted by atomic mass is 16.5. The van der Waals surface area contributed by atoms with Gasteiger partial charge in [0.15, 0.2) is 0 Å². The summed E-state index contributed by atoms with van der Waals surface area (Å²) in [6.45, 7) is 0.356. The van der Waals surface area contributed by atoms with Gasteiger partial charge in [0.05, 0.1) is 26.7 Å². The number of esters is 1. The Kier molecular flexibility index (Phi) is 5.66. The fourth-order valence-electron chi connectivity index (χ4n) is 0.371. The van der Waals surface area contributed by atoms with E-state index < -0.39 is 0 Å². The zero-order valence-electron chi connectivity index (χ0n) is 5.91. The lowest BCUT2D eigenvalue weighted by molar-refractivity contribution is -0.139. The zero-order valence-corrected chi connectivity index (χ0v) is 5.91. The quantitative estimate of drug-likeness (QED) is 0.433. The van der Waals surface area contributed by atoms with Crippen molar-refractivity contribution in [1.29, 1.82) is 0 Å².